The van der Waals surface area contributed by atoms with E-state index in [4.69, 9.17) is 0 Å². The summed E-state index contributed by atoms with van der Waals surface area (Å²) in [5.41, 5.74) is 0.749. The van der Waals surface area contributed by atoms with Gasteiger partial charge in [-0.05, 0) is 31.7 Å². The van der Waals surface area contributed by atoms with Crippen LogP contribution in [0.3, 0.4) is 0 Å². The van der Waals surface area contributed by atoms with E-state index in [1.807, 2.05) is 13.0 Å². The summed E-state index contributed by atoms with van der Waals surface area (Å²) in [4.78, 5) is 0. The maximum Gasteiger partial charge on any atom is 0.0743 e. The molecule has 1 aromatic carbocycles. The Morgan fingerprint density at radius 1 is 1.24 bits per heavy atom. The fourth-order valence-corrected chi connectivity index (χ4v) is 1.83. The van der Waals surface area contributed by atoms with Crippen molar-refractivity contribution in [2.24, 2.45) is 0 Å². The molecule has 0 aliphatic rings. The second-order valence-electron chi connectivity index (χ2n) is 5.37. The molecule has 2 heteroatoms. The van der Waals surface area contributed by atoms with Crippen LogP contribution >= 0.6 is 0 Å². The van der Waals surface area contributed by atoms with Crippen LogP contribution in [0.2, 0.25) is 0 Å². The van der Waals surface area contributed by atoms with E-state index in [0.717, 1.165) is 19.3 Å². The third kappa shape index (κ3) is 6.44. The SMILES string of the molecule is CC(C)NCC(C)(O)CCCc1ccccc1. The number of aliphatic hydroxyl groups is 1. The summed E-state index contributed by atoms with van der Waals surface area (Å²) in [6.07, 6.45) is 2.90. The van der Waals surface area contributed by atoms with Crippen LogP contribution in [-0.2, 0) is 6.42 Å². The fourth-order valence-electron chi connectivity index (χ4n) is 1.83. The van der Waals surface area contributed by atoms with Crippen molar-refractivity contribution in [2.45, 2.75) is 51.7 Å². The fraction of sp³-hybridized carbons (Fsp3) is 0.600. The molecule has 1 atom stereocenters. The van der Waals surface area contributed by atoms with E-state index in [9.17, 15) is 5.11 Å². The first-order chi connectivity index (χ1) is 7.99. The summed E-state index contributed by atoms with van der Waals surface area (Å²) in [5, 5.41) is 13.5. The van der Waals surface area contributed by atoms with E-state index in [1.54, 1.807) is 0 Å². The maximum absolute atomic E-state index is 10.2. The van der Waals surface area contributed by atoms with E-state index >= 15 is 0 Å². The Morgan fingerprint density at radius 2 is 1.88 bits per heavy atom. The van der Waals surface area contributed by atoms with Gasteiger partial charge < -0.3 is 10.4 Å². The highest BCUT2D eigenvalue weighted by Crippen LogP contribution is 2.14. The highest BCUT2D eigenvalue weighted by molar-refractivity contribution is 5.14. The molecule has 0 aromatic heterocycles. The Kier molecular flexibility index (Phi) is 5.66. The van der Waals surface area contributed by atoms with Gasteiger partial charge in [-0.2, -0.15) is 0 Å². The zero-order valence-electron chi connectivity index (χ0n) is 11.2. The molecule has 0 aliphatic carbocycles. The van der Waals surface area contributed by atoms with Crippen LogP contribution in [0.4, 0.5) is 0 Å². The van der Waals surface area contributed by atoms with Crippen molar-refractivity contribution in [3.63, 3.8) is 0 Å². The number of benzene rings is 1. The summed E-state index contributed by atoms with van der Waals surface area (Å²) < 4.78 is 0. The minimum atomic E-state index is -0.598. The standard InChI is InChI=1S/C15H25NO/c1-13(2)16-12-15(3,17)11-7-10-14-8-5-4-6-9-14/h4-6,8-9,13,16-17H,7,10-12H2,1-3H3. The molecule has 0 saturated carbocycles. The highest BCUT2D eigenvalue weighted by atomic mass is 16.3. The van der Waals surface area contributed by atoms with Crippen LogP contribution in [0, 0.1) is 0 Å². The number of nitrogens with one attached hydrogen (secondary N) is 1. The first-order valence-corrected chi connectivity index (χ1v) is 6.49. The van der Waals surface area contributed by atoms with Crippen LogP contribution < -0.4 is 5.32 Å². The van der Waals surface area contributed by atoms with Gasteiger partial charge in [-0.3, -0.25) is 0 Å². The topological polar surface area (TPSA) is 32.3 Å². The predicted molar refractivity (Wildman–Crippen MR) is 73.1 cm³/mol. The molecule has 0 heterocycles. The summed E-state index contributed by atoms with van der Waals surface area (Å²) in [5.74, 6) is 0. The summed E-state index contributed by atoms with van der Waals surface area (Å²) in [7, 11) is 0. The predicted octanol–water partition coefficient (Wildman–Crippen LogP) is 2.76. The molecule has 0 bridgehead atoms. The molecule has 1 aromatic rings. The van der Waals surface area contributed by atoms with Gasteiger partial charge in [-0.15, -0.1) is 0 Å². The molecule has 1 rings (SSSR count). The lowest BCUT2D eigenvalue weighted by molar-refractivity contribution is 0.0470. The van der Waals surface area contributed by atoms with Gasteiger partial charge in [0.25, 0.3) is 0 Å². The zero-order valence-corrected chi connectivity index (χ0v) is 11.2. The third-order valence-electron chi connectivity index (χ3n) is 2.91. The normalized spacial score (nSPS) is 14.9. The molecule has 17 heavy (non-hydrogen) atoms. The molecule has 2 N–H and O–H groups in total. The molecule has 0 amide bonds. The maximum atomic E-state index is 10.2. The van der Waals surface area contributed by atoms with Gasteiger partial charge in [0.1, 0.15) is 0 Å². The van der Waals surface area contributed by atoms with Crippen molar-refractivity contribution < 1.29 is 5.11 Å². The summed E-state index contributed by atoms with van der Waals surface area (Å²) in [6.45, 7) is 6.77. The van der Waals surface area contributed by atoms with Crippen molar-refractivity contribution in [2.75, 3.05) is 6.54 Å². The van der Waals surface area contributed by atoms with Crippen molar-refractivity contribution in [3.8, 4) is 0 Å². The number of hydrogen-bond donors (Lipinski definition) is 2. The average Bonchev–Trinajstić information content (AvgIpc) is 2.28. The van der Waals surface area contributed by atoms with E-state index in [2.05, 4.69) is 43.4 Å². The number of aryl methyl sites for hydroxylation is 1. The van der Waals surface area contributed by atoms with Crippen molar-refractivity contribution in [1.82, 2.24) is 5.32 Å². The van der Waals surface area contributed by atoms with E-state index in [-0.39, 0.29) is 0 Å². The van der Waals surface area contributed by atoms with E-state index in [1.165, 1.54) is 5.56 Å². The van der Waals surface area contributed by atoms with Gasteiger partial charge in [0.05, 0.1) is 5.60 Å². The number of hydrogen-bond acceptors (Lipinski definition) is 2. The molecule has 0 saturated heterocycles. The Bertz CT molecular complexity index is 306. The van der Waals surface area contributed by atoms with Gasteiger partial charge in [-0.25, -0.2) is 0 Å². The average molecular weight is 235 g/mol. The van der Waals surface area contributed by atoms with Crippen molar-refractivity contribution >= 4 is 0 Å². The summed E-state index contributed by atoms with van der Waals surface area (Å²) >= 11 is 0. The lowest BCUT2D eigenvalue weighted by atomic mass is 9.97. The molecule has 96 valence electrons. The van der Waals surface area contributed by atoms with Gasteiger partial charge in [0.15, 0.2) is 0 Å². The lowest BCUT2D eigenvalue weighted by Crippen LogP contribution is -2.40. The largest absolute Gasteiger partial charge is 0.389 e. The molecular weight excluding hydrogens is 210 g/mol. The zero-order chi connectivity index (χ0) is 12.7. The first kappa shape index (κ1) is 14.2. The molecule has 1 unspecified atom stereocenters. The van der Waals surface area contributed by atoms with Gasteiger partial charge in [0.2, 0.25) is 0 Å². The minimum Gasteiger partial charge on any atom is -0.389 e. The van der Waals surface area contributed by atoms with Gasteiger partial charge in [0, 0.05) is 12.6 Å². The Labute approximate surface area is 105 Å². The Hall–Kier alpha value is -0.860. The van der Waals surface area contributed by atoms with Crippen LogP contribution in [0.25, 0.3) is 0 Å². The second-order valence-corrected chi connectivity index (χ2v) is 5.37. The van der Waals surface area contributed by atoms with Gasteiger partial charge >= 0.3 is 0 Å². The minimum absolute atomic E-state index is 0.426. The smallest absolute Gasteiger partial charge is 0.0743 e. The second kappa shape index (κ2) is 6.77. The van der Waals surface area contributed by atoms with Crippen LogP contribution in [0.15, 0.2) is 30.3 Å². The lowest BCUT2D eigenvalue weighted by Gasteiger charge is -2.25. The van der Waals surface area contributed by atoms with Crippen molar-refractivity contribution in [1.29, 1.82) is 0 Å². The molecule has 0 fully saturated rings. The molecule has 0 aliphatic heterocycles. The number of rotatable bonds is 7. The van der Waals surface area contributed by atoms with Crippen LogP contribution in [0.1, 0.15) is 39.2 Å². The van der Waals surface area contributed by atoms with Crippen LogP contribution in [0.5, 0.6) is 0 Å². The molecule has 0 spiro atoms. The molecule has 2 nitrogen and oxygen atoms in total. The van der Waals surface area contributed by atoms with Crippen LogP contribution in [-0.4, -0.2) is 23.3 Å². The van der Waals surface area contributed by atoms with Crippen molar-refractivity contribution in [3.05, 3.63) is 35.9 Å². The quantitative estimate of drug-likeness (QED) is 0.761. The van der Waals surface area contributed by atoms with E-state index < -0.39 is 5.60 Å². The Morgan fingerprint density at radius 3 is 2.47 bits per heavy atom. The molecule has 0 radical (unpaired) electrons. The van der Waals surface area contributed by atoms with E-state index in [0.29, 0.717) is 12.6 Å². The highest BCUT2D eigenvalue weighted by Gasteiger charge is 2.19. The van der Waals surface area contributed by atoms with Gasteiger partial charge in [-0.1, -0.05) is 44.2 Å². The third-order valence-corrected chi connectivity index (χ3v) is 2.91. The monoisotopic (exact) mass is 235 g/mol. The molecular formula is C15H25NO. The Balaban J connectivity index is 2.25. The first-order valence-electron chi connectivity index (χ1n) is 6.49. The summed E-state index contributed by atoms with van der Waals surface area (Å²) in [6, 6.07) is 10.9.